The van der Waals surface area contributed by atoms with E-state index < -0.39 is 0 Å². The van der Waals surface area contributed by atoms with Crippen LogP contribution in [0.25, 0.3) is 0 Å². The van der Waals surface area contributed by atoms with Gasteiger partial charge in [0.15, 0.2) is 0 Å². The van der Waals surface area contributed by atoms with E-state index in [1.165, 1.54) is 32.1 Å². The van der Waals surface area contributed by atoms with Crippen molar-refractivity contribution in [3.63, 3.8) is 0 Å². The fraction of sp³-hybridized carbons (Fsp3) is 0.895. The molecule has 0 atom stereocenters. The molecule has 4 heteroatoms. The maximum absolute atomic E-state index is 12.0. The number of Topliss-reactive ketones (excluding diaryl/α,β-unsaturated/α-hetero) is 1. The molecular formula is C19H33NO3. The maximum Gasteiger partial charge on any atom is 0.220 e. The van der Waals surface area contributed by atoms with Gasteiger partial charge in [-0.25, -0.2) is 0 Å². The molecule has 2 aliphatic rings. The zero-order chi connectivity index (χ0) is 16.5. The Labute approximate surface area is 140 Å². The molecule has 1 amide bonds. The summed E-state index contributed by atoms with van der Waals surface area (Å²) >= 11 is 0. The number of rotatable bonds is 8. The lowest BCUT2D eigenvalue weighted by Crippen LogP contribution is -2.38. The molecule has 0 aromatic heterocycles. The number of nitrogens with one attached hydrogen (secondary N) is 1. The van der Waals surface area contributed by atoms with Gasteiger partial charge in [-0.3, -0.25) is 9.59 Å². The Balaban J connectivity index is 1.52. The van der Waals surface area contributed by atoms with Crippen LogP contribution in [0.15, 0.2) is 0 Å². The molecule has 0 saturated heterocycles. The van der Waals surface area contributed by atoms with Gasteiger partial charge in [-0.05, 0) is 44.9 Å². The summed E-state index contributed by atoms with van der Waals surface area (Å²) in [6.45, 7) is 2.64. The van der Waals surface area contributed by atoms with Gasteiger partial charge in [-0.2, -0.15) is 0 Å². The normalized spacial score (nSPS) is 26.0. The van der Waals surface area contributed by atoms with E-state index in [9.17, 15) is 9.59 Å². The smallest absolute Gasteiger partial charge is 0.220 e. The van der Waals surface area contributed by atoms with Gasteiger partial charge in [0.1, 0.15) is 5.78 Å². The van der Waals surface area contributed by atoms with Crippen molar-refractivity contribution in [1.82, 2.24) is 5.32 Å². The van der Waals surface area contributed by atoms with Gasteiger partial charge in [0.05, 0.1) is 6.10 Å². The summed E-state index contributed by atoms with van der Waals surface area (Å²) in [7, 11) is 0. The van der Waals surface area contributed by atoms with Crippen molar-refractivity contribution in [2.45, 2.75) is 96.1 Å². The van der Waals surface area contributed by atoms with Gasteiger partial charge in [0.2, 0.25) is 5.91 Å². The molecular weight excluding hydrogens is 290 g/mol. The molecule has 0 aromatic rings. The Morgan fingerprint density at radius 3 is 2.35 bits per heavy atom. The average molecular weight is 323 g/mol. The quantitative estimate of drug-likeness (QED) is 0.692. The first-order valence-electron chi connectivity index (χ1n) is 9.62. The average Bonchev–Trinajstić information content (AvgIpc) is 2.59. The standard InChI is InChI=1S/C19H33NO3/c1-2-18(21)15-10-12-16(13-11-15)20-19(22)9-6-14-23-17-7-4-3-5-8-17/h15-17H,2-14H2,1H3,(H,20,22). The molecule has 2 aliphatic carbocycles. The zero-order valence-electron chi connectivity index (χ0n) is 14.6. The first-order valence-corrected chi connectivity index (χ1v) is 9.62. The number of amides is 1. The minimum Gasteiger partial charge on any atom is -0.378 e. The van der Waals surface area contributed by atoms with Gasteiger partial charge in [-0.1, -0.05) is 26.2 Å². The fourth-order valence-electron chi connectivity index (χ4n) is 3.86. The Morgan fingerprint density at radius 1 is 1.00 bits per heavy atom. The second-order valence-electron chi connectivity index (χ2n) is 7.17. The van der Waals surface area contributed by atoms with Crippen LogP contribution in [0.2, 0.25) is 0 Å². The van der Waals surface area contributed by atoms with Crippen molar-refractivity contribution in [2.24, 2.45) is 5.92 Å². The van der Waals surface area contributed by atoms with Gasteiger partial charge < -0.3 is 10.1 Å². The van der Waals surface area contributed by atoms with Gasteiger partial charge in [-0.15, -0.1) is 0 Å². The fourth-order valence-corrected chi connectivity index (χ4v) is 3.86. The number of carbonyl (C=O) groups is 2. The second kappa shape index (κ2) is 10.1. The van der Waals surface area contributed by atoms with E-state index in [2.05, 4.69) is 5.32 Å². The third-order valence-electron chi connectivity index (χ3n) is 5.35. The highest BCUT2D eigenvalue weighted by Gasteiger charge is 2.25. The van der Waals surface area contributed by atoms with Crippen molar-refractivity contribution >= 4 is 11.7 Å². The summed E-state index contributed by atoms with van der Waals surface area (Å²) in [6.07, 6.45) is 12.5. The van der Waals surface area contributed by atoms with Crippen molar-refractivity contribution in [1.29, 1.82) is 0 Å². The molecule has 0 aliphatic heterocycles. The van der Waals surface area contributed by atoms with Crippen LogP contribution >= 0.6 is 0 Å². The Bertz CT molecular complexity index is 369. The van der Waals surface area contributed by atoms with Crippen LogP contribution in [-0.4, -0.2) is 30.4 Å². The lowest BCUT2D eigenvalue weighted by Gasteiger charge is -2.28. The highest BCUT2D eigenvalue weighted by molar-refractivity contribution is 5.80. The number of ether oxygens (including phenoxy) is 1. The van der Waals surface area contributed by atoms with Crippen molar-refractivity contribution in [3.8, 4) is 0 Å². The first kappa shape index (κ1) is 18.4. The van der Waals surface area contributed by atoms with Crippen LogP contribution < -0.4 is 5.32 Å². The molecule has 132 valence electrons. The van der Waals surface area contributed by atoms with E-state index in [0.29, 0.717) is 31.3 Å². The van der Waals surface area contributed by atoms with E-state index in [4.69, 9.17) is 4.74 Å². The third-order valence-corrected chi connectivity index (χ3v) is 5.35. The van der Waals surface area contributed by atoms with E-state index in [-0.39, 0.29) is 17.9 Å². The highest BCUT2D eigenvalue weighted by Crippen LogP contribution is 2.26. The lowest BCUT2D eigenvalue weighted by atomic mass is 9.83. The van der Waals surface area contributed by atoms with Crippen LogP contribution in [0.4, 0.5) is 0 Å². The van der Waals surface area contributed by atoms with E-state index in [1.54, 1.807) is 0 Å². The van der Waals surface area contributed by atoms with Gasteiger partial charge >= 0.3 is 0 Å². The van der Waals surface area contributed by atoms with Crippen molar-refractivity contribution < 1.29 is 14.3 Å². The maximum atomic E-state index is 12.0. The van der Waals surface area contributed by atoms with E-state index >= 15 is 0 Å². The third kappa shape index (κ3) is 6.62. The molecule has 0 heterocycles. The molecule has 4 nitrogen and oxygen atoms in total. The summed E-state index contributed by atoms with van der Waals surface area (Å²) in [5.41, 5.74) is 0. The number of hydrogen-bond acceptors (Lipinski definition) is 3. The highest BCUT2D eigenvalue weighted by atomic mass is 16.5. The van der Waals surface area contributed by atoms with Crippen LogP contribution in [0.5, 0.6) is 0 Å². The largest absolute Gasteiger partial charge is 0.378 e. The molecule has 0 aromatic carbocycles. The number of ketones is 1. The minimum absolute atomic E-state index is 0.141. The van der Waals surface area contributed by atoms with Gasteiger partial charge in [0, 0.05) is 31.4 Å². The summed E-state index contributed by atoms with van der Waals surface area (Å²) < 4.78 is 5.86. The molecule has 1 N–H and O–H groups in total. The SMILES string of the molecule is CCC(=O)C1CCC(NC(=O)CCCOC2CCCCC2)CC1. The molecule has 0 spiro atoms. The molecule has 0 bridgehead atoms. The lowest BCUT2D eigenvalue weighted by molar-refractivity contribution is -0.124. The monoisotopic (exact) mass is 323 g/mol. The number of carbonyl (C=O) groups excluding carboxylic acids is 2. The Morgan fingerprint density at radius 2 is 1.70 bits per heavy atom. The summed E-state index contributed by atoms with van der Waals surface area (Å²) in [6, 6.07) is 0.266. The first-order chi connectivity index (χ1) is 11.2. The summed E-state index contributed by atoms with van der Waals surface area (Å²) in [5.74, 6) is 0.759. The molecule has 2 fully saturated rings. The molecule has 23 heavy (non-hydrogen) atoms. The van der Waals surface area contributed by atoms with E-state index in [0.717, 1.165) is 32.1 Å². The summed E-state index contributed by atoms with van der Waals surface area (Å²) in [5, 5.41) is 3.13. The predicted molar refractivity (Wildman–Crippen MR) is 91.2 cm³/mol. The van der Waals surface area contributed by atoms with E-state index in [1.807, 2.05) is 6.92 Å². The topological polar surface area (TPSA) is 55.4 Å². The van der Waals surface area contributed by atoms with Crippen LogP contribution in [-0.2, 0) is 14.3 Å². The second-order valence-corrected chi connectivity index (χ2v) is 7.17. The van der Waals surface area contributed by atoms with Crippen molar-refractivity contribution in [2.75, 3.05) is 6.61 Å². The molecule has 0 radical (unpaired) electrons. The Hall–Kier alpha value is -0.900. The Kier molecular flexibility index (Phi) is 8.07. The van der Waals surface area contributed by atoms with Gasteiger partial charge in [0.25, 0.3) is 0 Å². The van der Waals surface area contributed by atoms with Crippen molar-refractivity contribution in [3.05, 3.63) is 0 Å². The number of hydrogen-bond donors (Lipinski definition) is 1. The molecule has 2 rings (SSSR count). The molecule has 2 saturated carbocycles. The molecule has 0 unspecified atom stereocenters. The van der Waals surface area contributed by atoms with Crippen LogP contribution in [0, 0.1) is 5.92 Å². The summed E-state index contributed by atoms with van der Waals surface area (Å²) in [4.78, 5) is 23.7. The zero-order valence-corrected chi connectivity index (χ0v) is 14.6. The predicted octanol–water partition coefficient (Wildman–Crippen LogP) is 3.77. The minimum atomic E-state index is 0.141. The van der Waals surface area contributed by atoms with Crippen LogP contribution in [0.1, 0.15) is 84.0 Å². The van der Waals surface area contributed by atoms with Crippen LogP contribution in [0.3, 0.4) is 0 Å².